The molecule has 1 unspecified atom stereocenters. The van der Waals surface area contributed by atoms with Crippen LogP contribution in [0.15, 0.2) is 33.6 Å². The quantitative estimate of drug-likeness (QED) is 0.800. The minimum Gasteiger partial charge on any atom is -0.480 e. The highest BCUT2D eigenvalue weighted by Gasteiger charge is 2.31. The van der Waals surface area contributed by atoms with Crippen molar-refractivity contribution in [1.82, 2.24) is 5.16 Å². The summed E-state index contributed by atoms with van der Waals surface area (Å²) < 4.78 is 42.2. The van der Waals surface area contributed by atoms with Crippen LogP contribution in [0.4, 0.5) is 13.2 Å². The Bertz CT molecular complexity index is 715. The maximum Gasteiger partial charge on any atom is 0.416 e. The number of benzene rings is 1. The molecule has 1 atom stereocenters. The number of aliphatic carboxylic acids is 1. The lowest BCUT2D eigenvalue weighted by Gasteiger charge is -2.08. The third kappa shape index (κ3) is 2.82. The van der Waals surface area contributed by atoms with E-state index in [2.05, 4.69) is 0 Å². The van der Waals surface area contributed by atoms with Crippen molar-refractivity contribution in [3.05, 3.63) is 45.7 Å². The van der Waals surface area contributed by atoms with Gasteiger partial charge in [0, 0.05) is 5.56 Å². The molecular weight excluding hydrogens is 293 g/mol. The highest BCUT2D eigenvalue weighted by molar-refractivity contribution is 5.78. The molecular formula is C12H9F3N2O4. The van der Waals surface area contributed by atoms with Crippen LogP contribution in [-0.4, -0.2) is 16.2 Å². The minimum absolute atomic E-state index is 0.105. The number of hydrogen-bond donors (Lipinski definition) is 3. The Balaban J connectivity index is 2.49. The Hall–Kier alpha value is -2.55. The third-order valence-electron chi connectivity index (χ3n) is 2.79. The fraction of sp³-hybridized carbons (Fsp3) is 0.167. The van der Waals surface area contributed by atoms with E-state index in [4.69, 9.17) is 15.4 Å². The average Bonchev–Trinajstić information content (AvgIpc) is 2.78. The number of aromatic nitrogens is 1. The summed E-state index contributed by atoms with van der Waals surface area (Å²) in [5.41, 5.74) is 3.38. The van der Waals surface area contributed by atoms with Gasteiger partial charge in [-0.15, -0.1) is 0 Å². The molecule has 0 bridgehead atoms. The fourth-order valence-electron chi connectivity index (χ4n) is 1.74. The standard InChI is InChI=1S/C12H9F3N2O4/c13-12(14,15)6-3-1-5(2-4-6)9-7(8(16)11(19)20)10(18)17-21-9/h1-4,8H,16H2,(H,17,18)(H,19,20). The summed E-state index contributed by atoms with van der Waals surface area (Å²) in [6.07, 6.45) is -4.50. The minimum atomic E-state index is -4.50. The van der Waals surface area contributed by atoms with Gasteiger partial charge in [-0.1, -0.05) is 12.1 Å². The maximum absolute atomic E-state index is 12.5. The van der Waals surface area contributed by atoms with E-state index in [9.17, 15) is 22.8 Å². The first kappa shape index (κ1) is 14.9. The second kappa shape index (κ2) is 5.09. The molecule has 0 fully saturated rings. The van der Waals surface area contributed by atoms with Crippen molar-refractivity contribution in [2.24, 2.45) is 5.73 Å². The lowest BCUT2D eigenvalue weighted by Crippen LogP contribution is -2.26. The van der Waals surface area contributed by atoms with Crippen LogP contribution in [0.3, 0.4) is 0 Å². The first-order valence-corrected chi connectivity index (χ1v) is 5.59. The molecule has 2 aromatic rings. The molecule has 1 aromatic carbocycles. The monoisotopic (exact) mass is 302 g/mol. The largest absolute Gasteiger partial charge is 0.480 e. The van der Waals surface area contributed by atoms with E-state index in [-0.39, 0.29) is 16.9 Å². The number of carboxylic acid groups (broad SMARTS) is 1. The molecule has 0 aliphatic carbocycles. The van der Waals surface area contributed by atoms with Crippen molar-refractivity contribution in [1.29, 1.82) is 0 Å². The molecule has 112 valence electrons. The first-order valence-electron chi connectivity index (χ1n) is 5.59. The second-order valence-corrected chi connectivity index (χ2v) is 4.17. The summed E-state index contributed by atoms with van der Waals surface area (Å²) in [6.45, 7) is 0. The summed E-state index contributed by atoms with van der Waals surface area (Å²) in [5.74, 6) is -1.67. The molecule has 1 heterocycles. The van der Waals surface area contributed by atoms with Gasteiger partial charge in [-0.25, -0.2) is 0 Å². The van der Waals surface area contributed by atoms with Gasteiger partial charge in [-0.2, -0.15) is 18.3 Å². The van der Waals surface area contributed by atoms with Crippen molar-refractivity contribution in [2.75, 3.05) is 0 Å². The third-order valence-corrected chi connectivity index (χ3v) is 2.79. The Morgan fingerprint density at radius 3 is 2.33 bits per heavy atom. The van der Waals surface area contributed by atoms with E-state index in [0.29, 0.717) is 0 Å². The number of hydrogen-bond acceptors (Lipinski definition) is 4. The highest BCUT2D eigenvalue weighted by atomic mass is 19.4. The lowest BCUT2D eigenvalue weighted by molar-refractivity contribution is -0.139. The van der Waals surface area contributed by atoms with Gasteiger partial charge < -0.3 is 15.4 Å². The van der Waals surface area contributed by atoms with Crippen molar-refractivity contribution in [3.8, 4) is 11.3 Å². The number of rotatable bonds is 3. The molecule has 0 saturated heterocycles. The number of alkyl halides is 3. The van der Waals surface area contributed by atoms with Crippen LogP contribution in [0, 0.1) is 0 Å². The summed E-state index contributed by atoms with van der Waals surface area (Å²) in [4.78, 5) is 22.4. The summed E-state index contributed by atoms with van der Waals surface area (Å²) in [5, 5.41) is 10.8. The van der Waals surface area contributed by atoms with Gasteiger partial charge in [0.25, 0.3) is 5.56 Å². The highest BCUT2D eigenvalue weighted by Crippen LogP contribution is 2.32. The molecule has 0 aliphatic heterocycles. The maximum atomic E-state index is 12.5. The zero-order chi connectivity index (χ0) is 15.8. The van der Waals surface area contributed by atoms with Crippen LogP contribution < -0.4 is 11.3 Å². The van der Waals surface area contributed by atoms with Crippen molar-refractivity contribution >= 4 is 5.97 Å². The number of carbonyl (C=O) groups is 1. The molecule has 0 aliphatic rings. The number of nitrogens with two attached hydrogens (primary N) is 1. The van der Waals surface area contributed by atoms with Gasteiger partial charge in [0.05, 0.1) is 11.1 Å². The van der Waals surface area contributed by atoms with Crippen LogP contribution in [0.5, 0.6) is 0 Å². The molecule has 2 rings (SSSR count). The van der Waals surface area contributed by atoms with E-state index < -0.39 is 29.3 Å². The van der Waals surface area contributed by atoms with Gasteiger partial charge in [0.15, 0.2) is 5.76 Å². The predicted octanol–water partition coefficient (Wildman–Crippen LogP) is 1.74. The summed E-state index contributed by atoms with van der Waals surface area (Å²) >= 11 is 0. The van der Waals surface area contributed by atoms with E-state index in [1.807, 2.05) is 5.16 Å². The van der Waals surface area contributed by atoms with Crippen LogP contribution in [0.25, 0.3) is 11.3 Å². The number of aromatic amines is 1. The van der Waals surface area contributed by atoms with E-state index in [0.717, 1.165) is 24.3 Å². The summed E-state index contributed by atoms with van der Waals surface area (Å²) in [7, 11) is 0. The first-order chi connectivity index (χ1) is 9.71. The number of carboxylic acids is 1. The van der Waals surface area contributed by atoms with Crippen molar-refractivity contribution < 1.29 is 27.6 Å². The molecule has 0 radical (unpaired) electrons. The smallest absolute Gasteiger partial charge is 0.416 e. The summed E-state index contributed by atoms with van der Waals surface area (Å²) in [6, 6.07) is 2.06. The molecule has 6 nitrogen and oxygen atoms in total. The lowest BCUT2D eigenvalue weighted by atomic mass is 10.0. The molecule has 9 heteroatoms. The van der Waals surface area contributed by atoms with Gasteiger partial charge in [-0.05, 0) is 12.1 Å². The number of halogens is 3. The predicted molar refractivity (Wildman–Crippen MR) is 64.3 cm³/mol. The molecule has 0 amide bonds. The second-order valence-electron chi connectivity index (χ2n) is 4.17. The molecule has 4 N–H and O–H groups in total. The van der Waals surface area contributed by atoms with Gasteiger partial charge in [0.1, 0.15) is 6.04 Å². The van der Waals surface area contributed by atoms with Crippen LogP contribution in [-0.2, 0) is 11.0 Å². The number of nitrogens with one attached hydrogen (secondary N) is 1. The Morgan fingerprint density at radius 1 is 1.29 bits per heavy atom. The van der Waals surface area contributed by atoms with E-state index in [1.165, 1.54) is 0 Å². The van der Waals surface area contributed by atoms with Gasteiger partial charge in [0.2, 0.25) is 0 Å². The SMILES string of the molecule is NC(C(=O)O)c1c(-c2ccc(C(F)(F)F)cc2)o[nH]c1=O. The number of H-pyrrole nitrogens is 1. The topological polar surface area (TPSA) is 109 Å². The van der Waals surface area contributed by atoms with Gasteiger partial charge in [-0.3, -0.25) is 9.59 Å². The van der Waals surface area contributed by atoms with Crippen molar-refractivity contribution in [2.45, 2.75) is 12.2 Å². The average molecular weight is 302 g/mol. The fourth-order valence-corrected chi connectivity index (χ4v) is 1.74. The van der Waals surface area contributed by atoms with E-state index in [1.54, 1.807) is 0 Å². The van der Waals surface area contributed by atoms with Crippen LogP contribution >= 0.6 is 0 Å². The van der Waals surface area contributed by atoms with E-state index >= 15 is 0 Å². The molecule has 0 saturated carbocycles. The molecule has 1 aromatic heterocycles. The normalized spacial score (nSPS) is 13.1. The Labute approximate surface area is 115 Å². The van der Waals surface area contributed by atoms with Gasteiger partial charge >= 0.3 is 12.1 Å². The zero-order valence-corrected chi connectivity index (χ0v) is 10.3. The van der Waals surface area contributed by atoms with Crippen LogP contribution in [0.1, 0.15) is 17.2 Å². The molecule has 21 heavy (non-hydrogen) atoms. The molecule has 0 spiro atoms. The zero-order valence-electron chi connectivity index (χ0n) is 10.3. The Morgan fingerprint density at radius 2 is 1.86 bits per heavy atom. The Kier molecular flexibility index (Phi) is 3.60. The van der Waals surface area contributed by atoms with Crippen molar-refractivity contribution in [3.63, 3.8) is 0 Å². The van der Waals surface area contributed by atoms with Crippen LogP contribution in [0.2, 0.25) is 0 Å².